The molecule has 0 aromatic heterocycles. The quantitative estimate of drug-likeness (QED) is 0.560. The molecular formula is C9H13N2. The van der Waals surface area contributed by atoms with Crippen molar-refractivity contribution < 1.29 is 0 Å². The lowest BCUT2D eigenvalue weighted by atomic mass is 9.56. The van der Waals surface area contributed by atoms with Crippen molar-refractivity contribution in [3.05, 3.63) is 6.42 Å². The van der Waals surface area contributed by atoms with E-state index < -0.39 is 0 Å². The molecule has 1 spiro atoms. The van der Waals surface area contributed by atoms with Crippen LogP contribution in [0.1, 0.15) is 19.3 Å². The zero-order valence-electron chi connectivity index (χ0n) is 6.64. The van der Waals surface area contributed by atoms with Gasteiger partial charge in [0.2, 0.25) is 0 Å². The van der Waals surface area contributed by atoms with E-state index in [9.17, 15) is 0 Å². The summed E-state index contributed by atoms with van der Waals surface area (Å²) in [6.45, 7) is 2.21. The van der Waals surface area contributed by atoms with Crippen LogP contribution in [0, 0.1) is 29.1 Å². The molecule has 1 saturated heterocycles. The fourth-order valence-corrected chi connectivity index (χ4v) is 2.20. The Labute approximate surface area is 67.6 Å². The van der Waals surface area contributed by atoms with E-state index in [2.05, 4.69) is 17.8 Å². The molecule has 0 aromatic rings. The van der Waals surface area contributed by atoms with Gasteiger partial charge in [-0.2, -0.15) is 5.26 Å². The smallest absolute Gasteiger partial charge is 0.0664 e. The highest BCUT2D eigenvalue weighted by Crippen LogP contribution is 2.51. The second kappa shape index (κ2) is 2.49. The first-order valence-electron chi connectivity index (χ1n) is 4.31. The van der Waals surface area contributed by atoms with Gasteiger partial charge >= 0.3 is 0 Å². The van der Waals surface area contributed by atoms with E-state index >= 15 is 0 Å². The van der Waals surface area contributed by atoms with Gasteiger partial charge in [0.05, 0.1) is 12.0 Å². The third-order valence-corrected chi connectivity index (χ3v) is 3.16. The number of nitriles is 1. The van der Waals surface area contributed by atoms with E-state index in [0.717, 1.165) is 13.1 Å². The third-order valence-electron chi connectivity index (χ3n) is 3.16. The maximum absolute atomic E-state index is 8.80. The molecule has 1 atom stereocenters. The summed E-state index contributed by atoms with van der Waals surface area (Å²) in [5.74, 6) is 0.254. The molecule has 1 aliphatic heterocycles. The fraction of sp³-hybridized carbons (Fsp3) is 0.778. The molecule has 2 fully saturated rings. The van der Waals surface area contributed by atoms with Crippen LogP contribution < -0.4 is 5.32 Å². The Morgan fingerprint density at radius 2 is 2.18 bits per heavy atom. The SMILES string of the molecule is N#CC1[CH]CC12CCNCC2. The molecule has 0 bridgehead atoms. The molecular weight excluding hydrogens is 136 g/mol. The summed E-state index contributed by atoms with van der Waals surface area (Å²) in [4.78, 5) is 0. The van der Waals surface area contributed by atoms with Crippen molar-refractivity contribution in [3.8, 4) is 6.07 Å². The van der Waals surface area contributed by atoms with E-state index in [-0.39, 0.29) is 5.92 Å². The summed E-state index contributed by atoms with van der Waals surface area (Å²) in [5, 5.41) is 12.1. The molecule has 2 nitrogen and oxygen atoms in total. The van der Waals surface area contributed by atoms with Gasteiger partial charge in [0.25, 0.3) is 0 Å². The molecule has 2 rings (SSSR count). The normalized spacial score (nSPS) is 34.3. The average Bonchev–Trinajstić information content (AvgIpc) is 2.05. The Morgan fingerprint density at radius 3 is 2.64 bits per heavy atom. The molecule has 59 valence electrons. The van der Waals surface area contributed by atoms with Gasteiger partial charge in [-0.1, -0.05) is 0 Å². The first-order valence-corrected chi connectivity index (χ1v) is 4.31. The fourth-order valence-electron chi connectivity index (χ4n) is 2.20. The topological polar surface area (TPSA) is 35.8 Å². The lowest BCUT2D eigenvalue weighted by Gasteiger charge is -2.48. The van der Waals surface area contributed by atoms with Gasteiger partial charge in [-0.15, -0.1) is 0 Å². The number of hydrogen-bond acceptors (Lipinski definition) is 2. The minimum atomic E-state index is 0.254. The van der Waals surface area contributed by atoms with Crippen LogP contribution in [0.2, 0.25) is 0 Å². The number of hydrogen-bond donors (Lipinski definition) is 1. The summed E-state index contributed by atoms with van der Waals surface area (Å²) in [5.41, 5.74) is 0.389. The van der Waals surface area contributed by atoms with Gasteiger partial charge in [-0.05, 0) is 44.2 Å². The number of rotatable bonds is 0. The molecule has 2 aliphatic rings. The molecule has 1 aliphatic carbocycles. The summed E-state index contributed by atoms with van der Waals surface area (Å²) < 4.78 is 0. The van der Waals surface area contributed by atoms with E-state index in [1.165, 1.54) is 19.3 Å². The molecule has 1 N–H and O–H groups in total. The summed E-state index contributed by atoms with van der Waals surface area (Å²) in [6, 6.07) is 2.38. The maximum atomic E-state index is 8.80. The van der Waals surface area contributed by atoms with E-state index in [0.29, 0.717) is 5.41 Å². The Hall–Kier alpha value is -0.550. The highest BCUT2D eigenvalue weighted by Gasteiger charge is 2.47. The maximum Gasteiger partial charge on any atom is 0.0664 e. The minimum Gasteiger partial charge on any atom is -0.317 e. The van der Waals surface area contributed by atoms with Crippen molar-refractivity contribution in [3.63, 3.8) is 0 Å². The van der Waals surface area contributed by atoms with Crippen LogP contribution in [0.15, 0.2) is 0 Å². The van der Waals surface area contributed by atoms with E-state index in [1.807, 2.05) is 0 Å². The second-order valence-corrected chi connectivity index (χ2v) is 3.66. The molecule has 0 amide bonds. The van der Waals surface area contributed by atoms with Crippen LogP contribution in [-0.4, -0.2) is 13.1 Å². The lowest BCUT2D eigenvalue weighted by Crippen LogP contribution is -2.47. The third kappa shape index (κ3) is 0.954. The Morgan fingerprint density at radius 1 is 1.45 bits per heavy atom. The molecule has 0 aromatic carbocycles. The van der Waals surface area contributed by atoms with E-state index in [4.69, 9.17) is 5.26 Å². The van der Waals surface area contributed by atoms with Crippen LogP contribution in [0.5, 0.6) is 0 Å². The van der Waals surface area contributed by atoms with Crippen molar-refractivity contribution >= 4 is 0 Å². The zero-order chi connectivity index (χ0) is 7.73. The van der Waals surface area contributed by atoms with Gasteiger partial charge < -0.3 is 5.32 Å². The summed E-state index contributed by atoms with van der Waals surface area (Å²) in [6.07, 6.45) is 5.72. The van der Waals surface area contributed by atoms with Crippen LogP contribution in [0.4, 0.5) is 0 Å². The van der Waals surface area contributed by atoms with Crippen LogP contribution in [0.3, 0.4) is 0 Å². The molecule has 1 radical (unpaired) electrons. The van der Waals surface area contributed by atoms with Crippen molar-refractivity contribution in [2.45, 2.75) is 19.3 Å². The number of nitrogens with zero attached hydrogens (tertiary/aromatic N) is 1. The predicted molar refractivity (Wildman–Crippen MR) is 42.6 cm³/mol. The summed E-state index contributed by atoms with van der Waals surface area (Å²) >= 11 is 0. The first kappa shape index (κ1) is 7.12. The standard InChI is InChI=1S/C9H13N2/c10-7-8-1-2-9(8)3-5-11-6-4-9/h1,8,11H,2-6H2. The van der Waals surface area contributed by atoms with Gasteiger partial charge in [0.15, 0.2) is 0 Å². The van der Waals surface area contributed by atoms with E-state index in [1.54, 1.807) is 0 Å². The van der Waals surface area contributed by atoms with Crippen LogP contribution in [0.25, 0.3) is 0 Å². The first-order chi connectivity index (χ1) is 5.37. The molecule has 1 heterocycles. The largest absolute Gasteiger partial charge is 0.317 e. The summed E-state index contributed by atoms with van der Waals surface area (Å²) in [7, 11) is 0. The Kier molecular flexibility index (Phi) is 1.61. The molecule has 1 unspecified atom stereocenters. The highest BCUT2D eigenvalue weighted by atomic mass is 14.9. The number of nitrogens with one attached hydrogen (secondary N) is 1. The zero-order valence-corrected chi connectivity index (χ0v) is 6.64. The number of piperidine rings is 1. The van der Waals surface area contributed by atoms with Gasteiger partial charge in [0.1, 0.15) is 0 Å². The van der Waals surface area contributed by atoms with Crippen LogP contribution in [-0.2, 0) is 0 Å². The van der Waals surface area contributed by atoms with Crippen molar-refractivity contribution in [2.75, 3.05) is 13.1 Å². The van der Waals surface area contributed by atoms with Gasteiger partial charge in [-0.3, -0.25) is 0 Å². The molecule has 11 heavy (non-hydrogen) atoms. The van der Waals surface area contributed by atoms with Gasteiger partial charge in [0, 0.05) is 0 Å². The Balaban J connectivity index is 2.04. The monoisotopic (exact) mass is 149 g/mol. The minimum absolute atomic E-state index is 0.254. The van der Waals surface area contributed by atoms with Crippen molar-refractivity contribution in [2.24, 2.45) is 11.3 Å². The second-order valence-electron chi connectivity index (χ2n) is 3.66. The van der Waals surface area contributed by atoms with Crippen molar-refractivity contribution in [1.82, 2.24) is 5.32 Å². The molecule has 2 heteroatoms. The lowest BCUT2D eigenvalue weighted by molar-refractivity contribution is 0.0882. The average molecular weight is 149 g/mol. The van der Waals surface area contributed by atoms with Crippen LogP contribution >= 0.6 is 0 Å². The Bertz CT molecular complexity index is 186. The highest BCUT2D eigenvalue weighted by molar-refractivity contribution is 5.16. The predicted octanol–water partition coefficient (Wildman–Crippen LogP) is 1.10. The van der Waals surface area contributed by atoms with Crippen molar-refractivity contribution in [1.29, 1.82) is 5.26 Å². The van der Waals surface area contributed by atoms with Gasteiger partial charge in [-0.25, -0.2) is 0 Å². The molecule has 1 saturated carbocycles.